The first-order chi connectivity index (χ1) is 12.9. The first-order valence-electron chi connectivity index (χ1n) is 9.06. The maximum atomic E-state index is 12.1. The van der Waals surface area contributed by atoms with Crippen LogP contribution in [0.4, 0.5) is 4.39 Å². The molecule has 0 radical (unpaired) electrons. The molecule has 2 heterocycles. The third kappa shape index (κ3) is 8.67. The van der Waals surface area contributed by atoms with Gasteiger partial charge in [-0.3, -0.25) is 9.88 Å². The second kappa shape index (κ2) is 12.6. The van der Waals surface area contributed by atoms with Crippen LogP contribution in [0.25, 0.3) is 0 Å². The molecule has 0 saturated heterocycles. The van der Waals surface area contributed by atoms with Gasteiger partial charge >= 0.3 is 0 Å². The first kappa shape index (κ1) is 23.3. The average molecular weight is 442 g/mol. The van der Waals surface area contributed by atoms with Crippen molar-refractivity contribution in [1.29, 1.82) is 0 Å². The zero-order valence-corrected chi connectivity index (χ0v) is 18.2. The minimum atomic E-state index is -0.563. The molecule has 0 bridgehead atoms. The summed E-state index contributed by atoms with van der Waals surface area (Å²) < 4.78 is 23.6. The summed E-state index contributed by atoms with van der Waals surface area (Å²) >= 11 is 3.29. The van der Waals surface area contributed by atoms with E-state index in [2.05, 4.69) is 65.4 Å². The van der Waals surface area contributed by atoms with Crippen molar-refractivity contribution >= 4 is 15.9 Å². The van der Waals surface area contributed by atoms with Gasteiger partial charge in [-0.15, -0.1) is 0 Å². The van der Waals surface area contributed by atoms with Crippen molar-refractivity contribution in [3.8, 4) is 17.4 Å². The Morgan fingerprint density at radius 2 is 1.89 bits per heavy atom. The number of rotatable bonds is 8. The third-order valence-corrected chi connectivity index (χ3v) is 4.09. The summed E-state index contributed by atoms with van der Waals surface area (Å²) in [6, 6.07) is 6.49. The maximum absolute atomic E-state index is 12.1. The van der Waals surface area contributed by atoms with Crippen molar-refractivity contribution in [2.45, 2.75) is 46.7 Å². The van der Waals surface area contributed by atoms with Crippen molar-refractivity contribution in [3.05, 3.63) is 41.3 Å². The second-order valence-electron chi connectivity index (χ2n) is 6.30. The molecule has 0 fully saturated rings. The lowest BCUT2D eigenvalue weighted by molar-refractivity contribution is 0.185. The lowest BCUT2D eigenvalue weighted by Gasteiger charge is -2.28. The molecule has 2 rings (SSSR count). The van der Waals surface area contributed by atoms with Gasteiger partial charge in [-0.25, -0.2) is 9.37 Å². The molecule has 0 spiro atoms. The van der Waals surface area contributed by atoms with Crippen molar-refractivity contribution in [2.75, 3.05) is 19.8 Å². The smallest absolute Gasteiger partial charge is 0.262 e. The van der Waals surface area contributed by atoms with Gasteiger partial charge in [0.1, 0.15) is 19.0 Å². The van der Waals surface area contributed by atoms with E-state index in [0.29, 0.717) is 23.6 Å². The van der Waals surface area contributed by atoms with E-state index in [9.17, 15) is 4.39 Å². The highest BCUT2D eigenvalue weighted by molar-refractivity contribution is 9.10. The molecule has 0 saturated carbocycles. The maximum Gasteiger partial charge on any atom is 0.262 e. The summed E-state index contributed by atoms with van der Waals surface area (Å²) in [6.45, 7) is 11.7. The zero-order valence-electron chi connectivity index (χ0n) is 16.7. The van der Waals surface area contributed by atoms with E-state index in [0.717, 1.165) is 11.0 Å². The molecule has 7 heteroatoms. The number of nitrogens with zero attached hydrogens (tertiary/aromatic N) is 3. The fraction of sp³-hybridized carbons (Fsp3) is 0.500. The summed E-state index contributed by atoms with van der Waals surface area (Å²) in [5, 5.41) is 0. The summed E-state index contributed by atoms with van der Waals surface area (Å²) in [5.41, 5.74) is 0. The van der Waals surface area contributed by atoms with Gasteiger partial charge in [0.15, 0.2) is 5.75 Å². The highest BCUT2D eigenvalue weighted by Gasteiger charge is 2.09. The second-order valence-corrected chi connectivity index (χ2v) is 7.22. The molecule has 0 aliphatic heterocycles. The molecule has 0 aliphatic rings. The number of pyridine rings is 2. The monoisotopic (exact) mass is 441 g/mol. The molecular weight excluding hydrogens is 413 g/mol. The van der Waals surface area contributed by atoms with Crippen molar-refractivity contribution < 1.29 is 13.9 Å². The van der Waals surface area contributed by atoms with E-state index in [1.165, 1.54) is 0 Å². The van der Waals surface area contributed by atoms with E-state index < -0.39 is 6.67 Å². The van der Waals surface area contributed by atoms with Gasteiger partial charge in [-0.1, -0.05) is 6.92 Å². The minimum absolute atomic E-state index is 0.0290. The van der Waals surface area contributed by atoms with Crippen LogP contribution >= 0.6 is 15.9 Å². The molecule has 2 aromatic rings. The number of aromatic nitrogens is 2. The van der Waals surface area contributed by atoms with Gasteiger partial charge in [0.25, 0.3) is 5.88 Å². The van der Waals surface area contributed by atoms with Crippen LogP contribution in [-0.4, -0.2) is 46.8 Å². The Balaban J connectivity index is 0.000000345. The number of hydrogen-bond acceptors (Lipinski definition) is 5. The van der Waals surface area contributed by atoms with Crippen molar-refractivity contribution in [2.24, 2.45) is 0 Å². The van der Waals surface area contributed by atoms with Gasteiger partial charge in [0.2, 0.25) is 0 Å². The van der Waals surface area contributed by atoms with Crippen LogP contribution in [0.5, 0.6) is 17.4 Å². The molecule has 0 aliphatic carbocycles. The number of ether oxygens (including phenoxy) is 2. The molecule has 0 N–H and O–H groups in total. The van der Waals surface area contributed by atoms with E-state index in [1.807, 2.05) is 0 Å². The van der Waals surface area contributed by atoms with E-state index >= 15 is 0 Å². The third-order valence-electron chi connectivity index (χ3n) is 3.66. The van der Waals surface area contributed by atoms with E-state index in [4.69, 9.17) is 9.47 Å². The largest absolute Gasteiger partial charge is 0.485 e. The quantitative estimate of drug-likeness (QED) is 0.540. The highest BCUT2D eigenvalue weighted by atomic mass is 79.9. The zero-order chi connectivity index (χ0) is 20.2. The lowest BCUT2D eigenvalue weighted by atomic mass is 10.2. The fourth-order valence-electron chi connectivity index (χ4n) is 2.60. The van der Waals surface area contributed by atoms with Crippen LogP contribution in [0.15, 0.2) is 41.3 Å². The SMILES string of the molecule is CCN(C(C)C)C(C)C.FCCOc1cccnc1Oc1cncc(Br)c1. The molecule has 2 aromatic heterocycles. The summed E-state index contributed by atoms with van der Waals surface area (Å²) in [7, 11) is 0. The van der Waals surface area contributed by atoms with Gasteiger partial charge in [0, 0.05) is 29.0 Å². The Morgan fingerprint density at radius 3 is 2.41 bits per heavy atom. The molecular formula is C20H29BrFN3O2. The Morgan fingerprint density at radius 1 is 1.19 bits per heavy atom. The minimum Gasteiger partial charge on any atom is -0.485 e. The number of alkyl halides is 1. The van der Waals surface area contributed by atoms with Crippen LogP contribution < -0.4 is 9.47 Å². The molecule has 27 heavy (non-hydrogen) atoms. The molecule has 0 unspecified atom stereocenters. The molecule has 150 valence electrons. The van der Waals surface area contributed by atoms with Crippen LogP contribution in [0, 0.1) is 0 Å². The first-order valence-corrected chi connectivity index (χ1v) is 9.86. The van der Waals surface area contributed by atoms with E-state index in [1.54, 1.807) is 36.8 Å². The van der Waals surface area contributed by atoms with Gasteiger partial charge in [-0.05, 0) is 68.4 Å². The molecule has 0 atom stereocenters. The fourth-order valence-corrected chi connectivity index (χ4v) is 2.94. The Bertz CT molecular complexity index is 663. The normalized spacial score (nSPS) is 10.7. The summed E-state index contributed by atoms with van der Waals surface area (Å²) in [4.78, 5) is 10.5. The average Bonchev–Trinajstić information content (AvgIpc) is 2.61. The van der Waals surface area contributed by atoms with E-state index in [-0.39, 0.29) is 12.5 Å². The predicted octanol–water partition coefficient (Wildman–Crippen LogP) is 5.50. The Hall–Kier alpha value is -1.73. The molecule has 0 aromatic carbocycles. The van der Waals surface area contributed by atoms with Crippen LogP contribution in [-0.2, 0) is 0 Å². The standard InChI is InChI=1S/C12H10BrFN2O2.C8H19N/c13-9-6-10(8-15-7-9)18-12-11(17-5-3-14)2-1-4-16-12;1-6-9(7(2)3)8(4)5/h1-2,4,6-8H,3,5H2;7-8H,6H2,1-5H3. The highest BCUT2D eigenvalue weighted by Crippen LogP contribution is 2.29. The van der Waals surface area contributed by atoms with Crippen LogP contribution in [0.2, 0.25) is 0 Å². The topological polar surface area (TPSA) is 47.5 Å². The van der Waals surface area contributed by atoms with Gasteiger partial charge in [0.05, 0.1) is 6.20 Å². The van der Waals surface area contributed by atoms with Gasteiger partial charge in [-0.2, -0.15) is 0 Å². The Labute approximate surface area is 170 Å². The van der Waals surface area contributed by atoms with Gasteiger partial charge < -0.3 is 9.47 Å². The van der Waals surface area contributed by atoms with Crippen molar-refractivity contribution in [1.82, 2.24) is 14.9 Å². The summed E-state index contributed by atoms with van der Waals surface area (Å²) in [5.74, 6) is 1.20. The molecule has 5 nitrogen and oxygen atoms in total. The number of halogens is 2. The summed E-state index contributed by atoms with van der Waals surface area (Å²) in [6.07, 6.45) is 4.77. The number of hydrogen-bond donors (Lipinski definition) is 0. The Kier molecular flexibility index (Phi) is 10.9. The molecule has 0 amide bonds. The lowest BCUT2D eigenvalue weighted by Crippen LogP contribution is -2.36. The van der Waals surface area contributed by atoms with Crippen LogP contribution in [0.3, 0.4) is 0 Å². The predicted molar refractivity (Wildman–Crippen MR) is 110 cm³/mol. The van der Waals surface area contributed by atoms with Crippen LogP contribution in [0.1, 0.15) is 34.6 Å². The van der Waals surface area contributed by atoms with Crippen molar-refractivity contribution in [3.63, 3.8) is 0 Å².